The highest BCUT2D eigenvalue weighted by Gasteiger charge is 2.42. The molecule has 2 aliphatic rings. The Bertz CT molecular complexity index is 1410. The highest BCUT2D eigenvalue weighted by atomic mass is 31.2. The number of hydrogen-bond donors (Lipinski definition) is 1. The smallest absolute Gasteiger partial charge is 0.259 e. The molecule has 0 amide bonds. The van der Waals surface area contributed by atoms with Gasteiger partial charge in [0.05, 0.1) is 32.0 Å². The first-order valence-electron chi connectivity index (χ1n) is 16.9. The lowest BCUT2D eigenvalue weighted by Crippen LogP contribution is -2.57. The van der Waals surface area contributed by atoms with Crippen molar-refractivity contribution >= 4 is 25.5 Å². The third kappa shape index (κ3) is 8.56. The Labute approximate surface area is 270 Å². The van der Waals surface area contributed by atoms with Crippen molar-refractivity contribution in [2.24, 2.45) is 0 Å². The van der Waals surface area contributed by atoms with Crippen molar-refractivity contribution in [3.63, 3.8) is 0 Å². The highest BCUT2D eigenvalue weighted by Crippen LogP contribution is 2.47. The Balaban J connectivity index is 1.41. The van der Waals surface area contributed by atoms with Crippen LogP contribution < -0.4 is 5.32 Å². The third-order valence-electron chi connectivity index (χ3n) is 8.43. The van der Waals surface area contributed by atoms with Gasteiger partial charge in [-0.15, -0.1) is 0 Å². The van der Waals surface area contributed by atoms with Crippen LogP contribution in [-0.2, 0) is 20.3 Å². The van der Waals surface area contributed by atoms with Crippen LogP contribution in [0.3, 0.4) is 0 Å². The molecule has 0 bridgehead atoms. The molecule has 2 fully saturated rings. The molecule has 11 nitrogen and oxygen atoms in total. The molecule has 0 spiro atoms. The summed E-state index contributed by atoms with van der Waals surface area (Å²) in [5.74, 6) is 0.672. The van der Waals surface area contributed by atoms with Gasteiger partial charge in [0.15, 0.2) is 17.0 Å². The van der Waals surface area contributed by atoms with Crippen LogP contribution in [0.1, 0.15) is 86.3 Å². The molecule has 0 radical (unpaired) electrons. The number of rotatable bonds is 14. The molecule has 1 unspecified atom stereocenters. The molecule has 3 heterocycles. The number of fused-ring (bicyclic) bond motifs is 1. The van der Waals surface area contributed by atoms with E-state index in [1.165, 1.54) is 19.3 Å². The first-order valence-corrected chi connectivity index (χ1v) is 17.3. The fourth-order valence-corrected chi connectivity index (χ4v) is 8.10. The molecule has 3 atom stereocenters. The normalized spacial score (nSPS) is 22.6. The second-order valence-corrected chi connectivity index (χ2v) is 14.1. The van der Waals surface area contributed by atoms with Crippen molar-refractivity contribution in [1.29, 1.82) is 5.26 Å². The maximum Gasteiger partial charge on any atom is 0.259 e. The first kappa shape index (κ1) is 32.2. The molecule has 45 heavy (non-hydrogen) atoms. The van der Waals surface area contributed by atoms with Crippen molar-refractivity contribution in [3.05, 3.63) is 48.5 Å². The van der Waals surface area contributed by atoms with Crippen LogP contribution in [0.4, 0.5) is 5.82 Å². The highest BCUT2D eigenvalue weighted by molar-refractivity contribution is 7.44. The van der Waals surface area contributed by atoms with Crippen molar-refractivity contribution < 1.29 is 15.2 Å². The summed E-state index contributed by atoms with van der Waals surface area (Å²) in [5, 5.41) is 12.6. The topological polar surface area (TPSA) is 114 Å². The van der Waals surface area contributed by atoms with Crippen LogP contribution in [0.5, 0.6) is 0 Å². The summed E-state index contributed by atoms with van der Waals surface area (Å²) in [6, 6.07) is 13.2. The number of nitrogens with one attached hydrogen (secondary N) is 1. The molecule has 1 saturated heterocycles. The summed E-state index contributed by atoms with van der Waals surface area (Å²) in [4.78, 5) is 16.4. The number of hydrogen-bond acceptors (Lipinski definition) is 10. The standard InChI is InChI=1S/C33H49N8O3P/c1-25(2)41(26(3)4)45(42-18-12-17-34)43-22-33(5)21-39(28-15-10-7-11-16-28)20-29(44-33)40-24-38-30-31(36-23-37-32(30)40)35-19-27-13-8-6-9-14-27/h6,8-9,13-14,23-26,28-29H,7,10-12,15-16,18-22H2,1-5H3,(H,35,36,37)/t29-,33+,45?/m1/s1/i5D. The Morgan fingerprint density at radius 3 is 2.62 bits per heavy atom. The minimum atomic E-state index is -1.47. The maximum atomic E-state index is 9.15. The predicted octanol–water partition coefficient (Wildman–Crippen LogP) is 6.65. The minimum absolute atomic E-state index is 0.0307. The molecule has 2 aromatic heterocycles. The average Bonchev–Trinajstić information content (AvgIpc) is 3.52. The summed E-state index contributed by atoms with van der Waals surface area (Å²) >= 11 is 0. The van der Waals surface area contributed by atoms with Crippen molar-refractivity contribution in [2.45, 2.75) is 110 Å². The van der Waals surface area contributed by atoms with E-state index in [1.807, 2.05) is 22.8 Å². The maximum absolute atomic E-state index is 9.15. The summed E-state index contributed by atoms with van der Waals surface area (Å²) in [6.07, 6.45) is 9.20. The molecular formula is C33H49N8O3P. The fraction of sp³-hybridized carbons (Fsp3) is 0.636. The molecule has 1 aromatic carbocycles. The van der Waals surface area contributed by atoms with E-state index in [1.54, 1.807) is 12.7 Å². The van der Waals surface area contributed by atoms with E-state index in [0.717, 1.165) is 18.4 Å². The van der Waals surface area contributed by atoms with Gasteiger partial charge in [0.2, 0.25) is 0 Å². The monoisotopic (exact) mass is 637 g/mol. The molecule has 5 rings (SSSR count). The molecule has 12 heteroatoms. The van der Waals surface area contributed by atoms with Gasteiger partial charge in [0.25, 0.3) is 8.53 Å². The van der Waals surface area contributed by atoms with Crippen LogP contribution in [-0.4, -0.2) is 79.1 Å². The summed E-state index contributed by atoms with van der Waals surface area (Å²) in [6.45, 7) is 10.9. The SMILES string of the molecule is [2H]C[C@@]1(COP(OCCC#N)N(C(C)C)C(C)C)CN(C2CCCCC2)C[C@H](n2cnc3c(NCc4ccccc4)ncnc32)O1. The van der Waals surface area contributed by atoms with Crippen LogP contribution in [0.15, 0.2) is 43.0 Å². The van der Waals surface area contributed by atoms with Gasteiger partial charge < -0.3 is 19.1 Å². The lowest BCUT2D eigenvalue weighted by molar-refractivity contribution is -0.195. The Kier molecular flexibility index (Phi) is 11.3. The summed E-state index contributed by atoms with van der Waals surface area (Å²) in [5.41, 5.74) is 1.63. The molecule has 3 aromatic rings. The predicted molar refractivity (Wildman–Crippen MR) is 177 cm³/mol. The fourth-order valence-electron chi connectivity index (χ4n) is 6.41. The third-order valence-corrected chi connectivity index (χ3v) is 10.5. The van der Waals surface area contributed by atoms with Crippen LogP contribution in [0.2, 0.25) is 0 Å². The van der Waals surface area contributed by atoms with Gasteiger partial charge in [-0.2, -0.15) is 5.26 Å². The second kappa shape index (κ2) is 15.7. The number of ether oxygens (including phenoxy) is 1. The van der Waals surface area contributed by atoms with Gasteiger partial charge in [-0.05, 0) is 53.0 Å². The molecule has 1 aliphatic carbocycles. The van der Waals surface area contributed by atoms with Crippen molar-refractivity contribution in [3.8, 4) is 6.07 Å². The number of anilines is 1. The molecule has 1 aliphatic heterocycles. The van der Waals surface area contributed by atoms with Crippen LogP contribution in [0, 0.1) is 11.3 Å². The number of nitrogens with zero attached hydrogens (tertiary/aromatic N) is 7. The molecule has 1 N–H and O–H groups in total. The lowest BCUT2D eigenvalue weighted by Gasteiger charge is -2.48. The Hall–Kier alpha value is -2.71. The van der Waals surface area contributed by atoms with Gasteiger partial charge in [0.1, 0.15) is 18.2 Å². The van der Waals surface area contributed by atoms with E-state index in [0.29, 0.717) is 55.7 Å². The summed E-state index contributed by atoms with van der Waals surface area (Å²) in [7, 11) is -1.47. The first-order chi connectivity index (χ1) is 22.3. The zero-order chi connectivity index (χ0) is 32.5. The van der Waals surface area contributed by atoms with E-state index in [9.17, 15) is 0 Å². The van der Waals surface area contributed by atoms with E-state index in [2.05, 4.69) is 70.8 Å². The van der Waals surface area contributed by atoms with Crippen LogP contribution >= 0.6 is 8.53 Å². The number of aromatic nitrogens is 4. The quantitative estimate of drug-likeness (QED) is 0.152. The number of nitriles is 1. The average molecular weight is 638 g/mol. The molecular weight excluding hydrogens is 587 g/mol. The second-order valence-electron chi connectivity index (χ2n) is 12.7. The van der Waals surface area contributed by atoms with E-state index in [-0.39, 0.29) is 25.6 Å². The zero-order valence-corrected chi connectivity index (χ0v) is 28.0. The number of imidazole rings is 1. The van der Waals surface area contributed by atoms with E-state index in [4.69, 9.17) is 25.4 Å². The Morgan fingerprint density at radius 2 is 1.91 bits per heavy atom. The van der Waals surface area contributed by atoms with Gasteiger partial charge in [-0.25, -0.2) is 19.6 Å². The van der Waals surface area contributed by atoms with Gasteiger partial charge in [-0.3, -0.25) is 9.47 Å². The van der Waals surface area contributed by atoms with Crippen molar-refractivity contribution in [1.82, 2.24) is 29.1 Å². The van der Waals surface area contributed by atoms with Gasteiger partial charge in [-0.1, -0.05) is 49.6 Å². The lowest BCUT2D eigenvalue weighted by atomic mass is 9.92. The summed E-state index contributed by atoms with van der Waals surface area (Å²) < 4.78 is 32.7. The molecule has 244 valence electrons. The van der Waals surface area contributed by atoms with E-state index >= 15 is 0 Å². The largest absolute Gasteiger partial charge is 0.364 e. The van der Waals surface area contributed by atoms with E-state index < -0.39 is 20.4 Å². The van der Waals surface area contributed by atoms with Crippen molar-refractivity contribution in [2.75, 3.05) is 31.6 Å². The van der Waals surface area contributed by atoms with Gasteiger partial charge in [0, 0.05) is 39.1 Å². The van der Waals surface area contributed by atoms with Crippen LogP contribution in [0.25, 0.3) is 11.2 Å². The zero-order valence-electron chi connectivity index (χ0n) is 28.1. The van der Waals surface area contributed by atoms with Gasteiger partial charge >= 0.3 is 0 Å². The number of morpholine rings is 1. The number of benzene rings is 1. The minimum Gasteiger partial charge on any atom is -0.364 e. The Morgan fingerprint density at radius 1 is 1.13 bits per heavy atom. The molecule has 1 saturated carbocycles.